The van der Waals surface area contributed by atoms with E-state index < -0.39 is 59.6 Å². The van der Waals surface area contributed by atoms with Crippen LogP contribution in [0.5, 0.6) is 0 Å². The van der Waals surface area contributed by atoms with E-state index in [1.807, 2.05) is 41.5 Å². The summed E-state index contributed by atoms with van der Waals surface area (Å²) >= 11 is 0. The van der Waals surface area contributed by atoms with Gasteiger partial charge in [0, 0.05) is 6.54 Å². The lowest BCUT2D eigenvalue weighted by Crippen LogP contribution is -2.59. The highest BCUT2D eigenvalue weighted by Crippen LogP contribution is 2.22. The minimum Gasteiger partial charge on any atom is -0.467 e. The van der Waals surface area contributed by atoms with Crippen LogP contribution in [-0.2, 0) is 28.7 Å². The van der Waals surface area contributed by atoms with E-state index in [-0.39, 0.29) is 17.8 Å². The zero-order valence-corrected chi connectivity index (χ0v) is 26.1. The van der Waals surface area contributed by atoms with Gasteiger partial charge in [-0.05, 0) is 64.2 Å². The molecule has 0 bridgehead atoms. The van der Waals surface area contributed by atoms with Crippen molar-refractivity contribution in [3.05, 3.63) is 0 Å². The maximum Gasteiger partial charge on any atom is 0.410 e. The standard InChI is InChI=1S/C29H52N4O7/c1-11-19(6)23(26(36)31-21(16-18(4)5)27(37)39-10)32-24(34)20(15-17(2)3)30-25(35)22-13-12-14-33(22)28(38)40-29(7,8)9/h17-23H,11-16H2,1-10H3,(H,30,35)(H,31,36)(H,32,34)/t19-,20-,21-,22-,23-/m0/s1. The zero-order valence-electron chi connectivity index (χ0n) is 26.1. The molecule has 0 spiro atoms. The lowest BCUT2D eigenvalue weighted by Gasteiger charge is -2.31. The quantitative estimate of drug-likeness (QED) is 0.290. The third-order valence-corrected chi connectivity index (χ3v) is 6.83. The van der Waals surface area contributed by atoms with Gasteiger partial charge in [0.05, 0.1) is 7.11 Å². The number of likely N-dealkylation sites (tertiary alicyclic amines) is 1. The Bertz CT molecular complexity index is 884. The number of ether oxygens (including phenoxy) is 2. The third-order valence-electron chi connectivity index (χ3n) is 6.83. The van der Waals surface area contributed by atoms with Gasteiger partial charge in [-0.2, -0.15) is 0 Å². The van der Waals surface area contributed by atoms with Crippen LogP contribution in [0.25, 0.3) is 0 Å². The molecule has 4 amide bonds. The average molecular weight is 569 g/mol. The summed E-state index contributed by atoms with van der Waals surface area (Å²) in [6.07, 6.45) is 1.87. The smallest absolute Gasteiger partial charge is 0.410 e. The van der Waals surface area contributed by atoms with Crippen molar-refractivity contribution < 1.29 is 33.4 Å². The van der Waals surface area contributed by atoms with Crippen LogP contribution in [0, 0.1) is 17.8 Å². The molecule has 0 unspecified atom stereocenters. The largest absolute Gasteiger partial charge is 0.467 e. The minimum absolute atomic E-state index is 0.0622. The summed E-state index contributed by atoms with van der Waals surface area (Å²) in [4.78, 5) is 66.5. The maximum atomic E-state index is 13.5. The number of carbonyl (C=O) groups excluding carboxylic acids is 5. The number of rotatable bonds is 13. The van der Waals surface area contributed by atoms with Crippen molar-refractivity contribution in [1.29, 1.82) is 0 Å². The van der Waals surface area contributed by atoms with Gasteiger partial charge in [-0.1, -0.05) is 48.0 Å². The van der Waals surface area contributed by atoms with Crippen LogP contribution in [0.4, 0.5) is 4.79 Å². The maximum absolute atomic E-state index is 13.5. The number of esters is 1. The summed E-state index contributed by atoms with van der Waals surface area (Å²) in [6, 6.07) is -3.43. The van der Waals surface area contributed by atoms with Crippen molar-refractivity contribution in [2.75, 3.05) is 13.7 Å². The Labute approximate surface area is 239 Å². The van der Waals surface area contributed by atoms with Crippen molar-refractivity contribution in [2.24, 2.45) is 17.8 Å². The number of hydrogen-bond acceptors (Lipinski definition) is 7. The van der Waals surface area contributed by atoms with Gasteiger partial charge in [-0.25, -0.2) is 9.59 Å². The van der Waals surface area contributed by atoms with Gasteiger partial charge in [0.1, 0.15) is 29.8 Å². The molecule has 0 radical (unpaired) electrons. The molecule has 0 aromatic rings. The first-order valence-corrected chi connectivity index (χ1v) is 14.5. The Kier molecular flexibility index (Phi) is 13.9. The summed E-state index contributed by atoms with van der Waals surface area (Å²) in [7, 11) is 1.27. The van der Waals surface area contributed by atoms with Crippen molar-refractivity contribution in [1.82, 2.24) is 20.9 Å². The van der Waals surface area contributed by atoms with Crippen LogP contribution in [0.15, 0.2) is 0 Å². The third kappa shape index (κ3) is 11.3. The van der Waals surface area contributed by atoms with E-state index in [9.17, 15) is 24.0 Å². The molecule has 1 fully saturated rings. The highest BCUT2D eigenvalue weighted by atomic mass is 16.6. The zero-order chi connectivity index (χ0) is 30.8. The van der Waals surface area contributed by atoms with Gasteiger partial charge in [0.2, 0.25) is 17.7 Å². The number of carbonyl (C=O) groups is 5. The van der Waals surface area contributed by atoms with Crippen molar-refractivity contribution in [3.8, 4) is 0 Å². The van der Waals surface area contributed by atoms with Crippen LogP contribution < -0.4 is 16.0 Å². The molecule has 1 saturated heterocycles. The molecule has 1 aliphatic heterocycles. The van der Waals surface area contributed by atoms with E-state index in [0.29, 0.717) is 38.6 Å². The normalized spacial score (nSPS) is 18.5. The molecule has 40 heavy (non-hydrogen) atoms. The Morgan fingerprint density at radius 3 is 1.95 bits per heavy atom. The van der Waals surface area contributed by atoms with Crippen molar-refractivity contribution in [3.63, 3.8) is 0 Å². The molecule has 0 aromatic heterocycles. The van der Waals surface area contributed by atoms with Gasteiger partial charge in [0.25, 0.3) is 0 Å². The second-order valence-corrected chi connectivity index (χ2v) is 12.6. The van der Waals surface area contributed by atoms with E-state index in [1.165, 1.54) is 12.0 Å². The van der Waals surface area contributed by atoms with Gasteiger partial charge < -0.3 is 25.4 Å². The molecule has 1 rings (SSSR count). The van der Waals surface area contributed by atoms with Gasteiger partial charge >= 0.3 is 12.1 Å². The topological polar surface area (TPSA) is 143 Å². The fourth-order valence-electron chi connectivity index (χ4n) is 4.59. The monoisotopic (exact) mass is 568 g/mol. The van der Waals surface area contributed by atoms with Gasteiger partial charge in [-0.15, -0.1) is 0 Å². The first kappa shape index (κ1) is 35.2. The fourth-order valence-corrected chi connectivity index (χ4v) is 4.59. The molecule has 1 heterocycles. The summed E-state index contributed by atoms with van der Waals surface area (Å²) in [6.45, 7) is 17.2. The number of hydrogen-bond donors (Lipinski definition) is 3. The average Bonchev–Trinajstić information content (AvgIpc) is 3.34. The molecule has 11 nitrogen and oxygen atoms in total. The Hall–Kier alpha value is -2.85. The molecule has 5 atom stereocenters. The molecular formula is C29H52N4O7. The first-order chi connectivity index (χ1) is 18.5. The van der Waals surface area contributed by atoms with E-state index in [0.717, 1.165) is 0 Å². The summed E-state index contributed by atoms with van der Waals surface area (Å²) in [5.41, 5.74) is -0.700. The van der Waals surface area contributed by atoms with Crippen LogP contribution in [-0.4, -0.2) is 78.1 Å². The molecule has 11 heteroatoms. The number of nitrogens with one attached hydrogen (secondary N) is 3. The molecule has 0 saturated carbocycles. The lowest BCUT2D eigenvalue weighted by molar-refractivity contribution is -0.146. The molecular weight excluding hydrogens is 516 g/mol. The number of nitrogens with zero attached hydrogens (tertiary/aromatic N) is 1. The molecule has 0 aliphatic carbocycles. The summed E-state index contributed by atoms with van der Waals surface area (Å²) < 4.78 is 10.3. The lowest BCUT2D eigenvalue weighted by atomic mass is 9.95. The predicted molar refractivity (Wildman–Crippen MR) is 152 cm³/mol. The van der Waals surface area contributed by atoms with E-state index in [1.54, 1.807) is 20.8 Å². The highest BCUT2D eigenvalue weighted by molar-refractivity contribution is 5.95. The second kappa shape index (κ2) is 15.8. The molecule has 1 aliphatic rings. The van der Waals surface area contributed by atoms with E-state index in [4.69, 9.17) is 9.47 Å². The predicted octanol–water partition coefficient (Wildman–Crippen LogP) is 3.15. The molecule has 3 N–H and O–H groups in total. The Balaban J connectivity index is 3.09. The summed E-state index contributed by atoms with van der Waals surface area (Å²) in [5, 5.41) is 8.40. The number of methoxy groups -OCH3 is 1. The number of amides is 4. The second-order valence-electron chi connectivity index (χ2n) is 12.6. The molecule has 230 valence electrons. The van der Waals surface area contributed by atoms with E-state index >= 15 is 0 Å². The van der Waals surface area contributed by atoms with Crippen molar-refractivity contribution >= 4 is 29.8 Å². The van der Waals surface area contributed by atoms with Crippen LogP contribution >= 0.6 is 0 Å². The van der Waals surface area contributed by atoms with Crippen LogP contribution in [0.1, 0.15) is 94.4 Å². The van der Waals surface area contributed by atoms with Gasteiger partial charge in [-0.3, -0.25) is 19.3 Å². The Morgan fingerprint density at radius 2 is 1.45 bits per heavy atom. The fraction of sp³-hybridized carbons (Fsp3) is 0.828. The minimum atomic E-state index is -0.923. The van der Waals surface area contributed by atoms with Crippen LogP contribution in [0.2, 0.25) is 0 Å². The SMILES string of the molecule is CC[C@H](C)[C@H](NC(=O)[C@H](CC(C)C)NC(=O)[C@@H]1CCCN1C(=O)OC(C)(C)C)C(=O)N[C@@H](CC(C)C)C(=O)OC. The molecule has 0 aromatic carbocycles. The van der Waals surface area contributed by atoms with Crippen LogP contribution in [0.3, 0.4) is 0 Å². The summed E-state index contributed by atoms with van der Waals surface area (Å²) in [5.74, 6) is -2.02. The first-order valence-electron chi connectivity index (χ1n) is 14.5. The van der Waals surface area contributed by atoms with E-state index in [2.05, 4.69) is 16.0 Å². The Morgan fingerprint density at radius 1 is 0.875 bits per heavy atom. The van der Waals surface area contributed by atoms with Gasteiger partial charge in [0.15, 0.2) is 0 Å². The van der Waals surface area contributed by atoms with Crippen molar-refractivity contribution in [2.45, 2.75) is 124 Å². The highest BCUT2D eigenvalue weighted by Gasteiger charge is 2.39.